The third kappa shape index (κ3) is 6.24. The van der Waals surface area contributed by atoms with Crippen LogP contribution in [0.25, 0.3) is 10.2 Å². The quantitative estimate of drug-likeness (QED) is 0.287. The predicted octanol–water partition coefficient (Wildman–Crippen LogP) is 4.44. The first-order chi connectivity index (χ1) is 16.1. The molecule has 0 bridgehead atoms. The molecule has 1 aromatic heterocycles. The van der Waals surface area contributed by atoms with Crippen molar-refractivity contribution >= 4 is 45.1 Å². The van der Waals surface area contributed by atoms with Crippen molar-refractivity contribution in [3.63, 3.8) is 0 Å². The summed E-state index contributed by atoms with van der Waals surface area (Å²) < 4.78 is 12.6. The average Bonchev–Trinajstić information content (AvgIpc) is 3.28. The first kappa shape index (κ1) is 22.6. The summed E-state index contributed by atoms with van der Waals surface area (Å²) in [4.78, 5) is 28.8. The van der Waals surface area contributed by atoms with Gasteiger partial charge in [0.25, 0.3) is 11.8 Å². The van der Waals surface area contributed by atoms with E-state index in [4.69, 9.17) is 9.47 Å². The summed E-state index contributed by atoms with van der Waals surface area (Å²) in [5.74, 6) is 1.10. The number of ether oxygens (including phenoxy) is 2. The van der Waals surface area contributed by atoms with Crippen LogP contribution in [0.15, 0.2) is 77.1 Å². The molecule has 0 fully saturated rings. The number of rotatable bonds is 8. The van der Waals surface area contributed by atoms with Crippen LogP contribution in [-0.2, 0) is 10.5 Å². The van der Waals surface area contributed by atoms with Crippen molar-refractivity contribution in [1.29, 1.82) is 0 Å². The molecule has 0 radical (unpaired) electrons. The van der Waals surface area contributed by atoms with Gasteiger partial charge in [0.2, 0.25) is 0 Å². The number of thiazole rings is 1. The highest BCUT2D eigenvalue weighted by atomic mass is 32.2. The molecule has 0 atom stereocenters. The minimum Gasteiger partial charge on any atom is -0.497 e. The Morgan fingerprint density at radius 1 is 0.939 bits per heavy atom. The van der Waals surface area contributed by atoms with Crippen molar-refractivity contribution in [2.24, 2.45) is 0 Å². The molecule has 0 saturated carbocycles. The van der Waals surface area contributed by atoms with Crippen LogP contribution in [0.3, 0.4) is 0 Å². The Morgan fingerprint density at radius 2 is 1.67 bits per heavy atom. The van der Waals surface area contributed by atoms with Gasteiger partial charge in [-0.3, -0.25) is 20.4 Å². The highest BCUT2D eigenvalue weighted by Gasteiger charge is 2.09. The summed E-state index contributed by atoms with van der Waals surface area (Å²) in [5.41, 5.74) is 7.27. The van der Waals surface area contributed by atoms with Gasteiger partial charge in [0.05, 0.1) is 17.3 Å². The van der Waals surface area contributed by atoms with Gasteiger partial charge < -0.3 is 9.47 Å². The van der Waals surface area contributed by atoms with Crippen molar-refractivity contribution < 1.29 is 19.1 Å². The Hall–Kier alpha value is -3.56. The molecule has 3 aromatic carbocycles. The Morgan fingerprint density at radius 3 is 2.39 bits per heavy atom. The Bertz CT molecular complexity index is 1210. The number of fused-ring (bicyclic) bond motifs is 1. The van der Waals surface area contributed by atoms with Crippen molar-refractivity contribution in [1.82, 2.24) is 15.8 Å². The summed E-state index contributed by atoms with van der Waals surface area (Å²) >= 11 is 3.33. The molecule has 0 aliphatic rings. The Kier molecular flexibility index (Phi) is 7.43. The van der Waals surface area contributed by atoms with Gasteiger partial charge >= 0.3 is 0 Å². The molecule has 33 heavy (non-hydrogen) atoms. The van der Waals surface area contributed by atoms with Crippen LogP contribution < -0.4 is 20.3 Å². The molecule has 4 rings (SSSR count). The van der Waals surface area contributed by atoms with Crippen LogP contribution in [0.1, 0.15) is 15.9 Å². The Labute approximate surface area is 199 Å². The standard InChI is InChI=1S/C24H21N3O4S2/c1-30-18-10-12-19(13-11-18)31-14-22(28)26-27-23(29)17-8-6-16(7-9-17)15-32-24-25-20-4-2-3-5-21(20)33-24/h2-13H,14-15H2,1H3,(H,26,28)(H,27,29). The van der Waals surface area contributed by atoms with E-state index in [0.717, 1.165) is 21.2 Å². The number of carbonyl (C=O) groups excluding carboxylic acids is 2. The van der Waals surface area contributed by atoms with Crippen LogP contribution in [-0.4, -0.2) is 30.5 Å². The largest absolute Gasteiger partial charge is 0.497 e. The lowest BCUT2D eigenvalue weighted by Gasteiger charge is -2.09. The number of hydrogen-bond donors (Lipinski definition) is 2. The number of carbonyl (C=O) groups is 2. The molecular weight excluding hydrogens is 458 g/mol. The second kappa shape index (κ2) is 10.8. The maximum absolute atomic E-state index is 12.3. The number of hydrogen-bond acceptors (Lipinski definition) is 7. The summed E-state index contributed by atoms with van der Waals surface area (Å²) in [6.45, 7) is -0.228. The van der Waals surface area contributed by atoms with Crippen molar-refractivity contribution in [3.8, 4) is 11.5 Å². The van der Waals surface area contributed by atoms with Crippen molar-refractivity contribution in [2.45, 2.75) is 10.1 Å². The van der Waals surface area contributed by atoms with Crippen LogP contribution in [0, 0.1) is 0 Å². The van der Waals surface area contributed by atoms with Gasteiger partial charge in [0, 0.05) is 11.3 Å². The molecule has 0 unspecified atom stereocenters. The highest BCUT2D eigenvalue weighted by molar-refractivity contribution is 8.00. The van der Waals surface area contributed by atoms with Gasteiger partial charge in [-0.2, -0.15) is 0 Å². The third-order valence-corrected chi connectivity index (χ3v) is 6.85. The number of amides is 2. The number of aromatic nitrogens is 1. The summed E-state index contributed by atoms with van der Waals surface area (Å²) in [6.07, 6.45) is 0. The van der Waals surface area contributed by atoms with Gasteiger partial charge in [0.1, 0.15) is 11.5 Å². The number of methoxy groups -OCH3 is 1. The van der Waals surface area contributed by atoms with E-state index in [1.54, 1.807) is 66.6 Å². The van der Waals surface area contributed by atoms with Crippen LogP contribution >= 0.6 is 23.1 Å². The summed E-state index contributed by atoms with van der Waals surface area (Å²) in [7, 11) is 1.57. The van der Waals surface area contributed by atoms with Gasteiger partial charge in [-0.25, -0.2) is 4.98 Å². The topological polar surface area (TPSA) is 89.5 Å². The highest BCUT2D eigenvalue weighted by Crippen LogP contribution is 2.31. The molecule has 7 nitrogen and oxygen atoms in total. The number of thioether (sulfide) groups is 1. The number of benzene rings is 3. The maximum Gasteiger partial charge on any atom is 0.276 e. The van der Waals surface area contributed by atoms with E-state index in [-0.39, 0.29) is 6.61 Å². The van der Waals surface area contributed by atoms with Gasteiger partial charge in [-0.15, -0.1) is 11.3 Å². The van der Waals surface area contributed by atoms with Gasteiger partial charge in [-0.1, -0.05) is 36.0 Å². The van der Waals surface area contributed by atoms with Gasteiger partial charge in [-0.05, 0) is 54.1 Å². The smallest absolute Gasteiger partial charge is 0.276 e. The van der Waals surface area contributed by atoms with E-state index in [1.807, 2.05) is 30.3 Å². The lowest BCUT2D eigenvalue weighted by molar-refractivity contribution is -0.123. The zero-order valence-corrected chi connectivity index (χ0v) is 19.4. The molecule has 0 aliphatic heterocycles. The minimum atomic E-state index is -0.469. The number of hydrazine groups is 1. The molecule has 9 heteroatoms. The van der Waals surface area contributed by atoms with Gasteiger partial charge in [0.15, 0.2) is 10.9 Å². The van der Waals surface area contributed by atoms with Crippen molar-refractivity contribution in [3.05, 3.63) is 83.9 Å². The first-order valence-electron chi connectivity index (χ1n) is 10.0. The minimum absolute atomic E-state index is 0.228. The monoisotopic (exact) mass is 479 g/mol. The van der Waals surface area contributed by atoms with E-state index in [9.17, 15) is 9.59 Å². The number of nitrogens with zero attached hydrogens (tertiary/aromatic N) is 1. The van der Waals surface area contributed by atoms with E-state index in [1.165, 1.54) is 4.70 Å². The molecule has 0 saturated heterocycles. The lowest BCUT2D eigenvalue weighted by Crippen LogP contribution is -2.43. The SMILES string of the molecule is COc1ccc(OCC(=O)NNC(=O)c2ccc(CSc3nc4ccccc4s3)cc2)cc1. The van der Waals surface area contributed by atoms with E-state index < -0.39 is 11.8 Å². The molecule has 4 aromatic rings. The second-order valence-electron chi connectivity index (χ2n) is 6.90. The number of nitrogens with one attached hydrogen (secondary N) is 2. The Balaban J connectivity index is 1.21. The van der Waals surface area contributed by atoms with E-state index in [2.05, 4.69) is 21.9 Å². The maximum atomic E-state index is 12.3. The predicted molar refractivity (Wildman–Crippen MR) is 130 cm³/mol. The fourth-order valence-corrected chi connectivity index (χ4v) is 4.89. The third-order valence-electron chi connectivity index (χ3n) is 4.60. The lowest BCUT2D eigenvalue weighted by atomic mass is 10.1. The molecule has 1 heterocycles. The van der Waals surface area contributed by atoms with Crippen LogP contribution in [0.5, 0.6) is 11.5 Å². The fraction of sp³-hybridized carbons (Fsp3) is 0.125. The first-order valence-corrected chi connectivity index (χ1v) is 11.8. The second-order valence-corrected chi connectivity index (χ2v) is 9.15. The average molecular weight is 480 g/mol. The van der Waals surface area contributed by atoms with E-state index in [0.29, 0.717) is 17.1 Å². The van der Waals surface area contributed by atoms with E-state index >= 15 is 0 Å². The summed E-state index contributed by atoms with van der Waals surface area (Å²) in [5, 5.41) is 0. The van der Waals surface area contributed by atoms with Crippen molar-refractivity contribution in [2.75, 3.05) is 13.7 Å². The molecule has 2 amide bonds. The van der Waals surface area contributed by atoms with Crippen LogP contribution in [0.2, 0.25) is 0 Å². The fourth-order valence-electron chi connectivity index (χ4n) is 2.87. The molecular formula is C24H21N3O4S2. The molecule has 0 aliphatic carbocycles. The zero-order valence-electron chi connectivity index (χ0n) is 17.7. The molecule has 2 N–H and O–H groups in total. The van der Waals surface area contributed by atoms with Crippen LogP contribution in [0.4, 0.5) is 0 Å². The molecule has 0 spiro atoms. The molecule has 168 valence electrons. The zero-order chi connectivity index (χ0) is 23.0. The number of para-hydroxylation sites is 1. The summed E-state index contributed by atoms with van der Waals surface area (Å²) in [6, 6.07) is 22.2. The normalized spacial score (nSPS) is 10.6.